The van der Waals surface area contributed by atoms with E-state index < -0.39 is 0 Å². The minimum atomic E-state index is -0.186. The molecule has 0 aliphatic carbocycles. The molecule has 118 valence electrons. The van der Waals surface area contributed by atoms with Crippen LogP contribution < -0.4 is 15.4 Å². The predicted octanol–water partition coefficient (Wildman–Crippen LogP) is 0.731. The lowest BCUT2D eigenvalue weighted by Gasteiger charge is -2.21. The van der Waals surface area contributed by atoms with Crippen molar-refractivity contribution in [2.75, 3.05) is 38.1 Å². The molecule has 2 fully saturated rings. The molecule has 0 bridgehead atoms. The van der Waals surface area contributed by atoms with Crippen LogP contribution in [0, 0.1) is 11.8 Å². The number of halogens is 1. The lowest BCUT2D eigenvalue weighted by Crippen LogP contribution is -2.32. The molecule has 22 heavy (non-hydrogen) atoms. The van der Waals surface area contributed by atoms with Crippen molar-refractivity contribution in [3.63, 3.8) is 0 Å². The standard InChI is InChI=1S/C15H17N3O3.ClH/c19-14-8-21-13-2-1-9(3-12(13)17-14)15(20)18-6-10-4-16-5-11(10)7-18;/h1-3,10-11,16H,4-8H2,(H,17,19);1H/t10-,11+;. The fourth-order valence-electron chi connectivity index (χ4n) is 3.42. The van der Waals surface area contributed by atoms with Gasteiger partial charge in [0.2, 0.25) is 0 Å². The van der Waals surface area contributed by atoms with Gasteiger partial charge in [-0.2, -0.15) is 0 Å². The van der Waals surface area contributed by atoms with Crippen LogP contribution >= 0.6 is 12.4 Å². The van der Waals surface area contributed by atoms with Crippen molar-refractivity contribution in [3.05, 3.63) is 23.8 Å². The van der Waals surface area contributed by atoms with Crippen molar-refractivity contribution in [1.82, 2.24) is 10.2 Å². The van der Waals surface area contributed by atoms with Gasteiger partial charge in [0.05, 0.1) is 5.69 Å². The van der Waals surface area contributed by atoms with Gasteiger partial charge < -0.3 is 20.3 Å². The second-order valence-corrected chi connectivity index (χ2v) is 5.94. The molecule has 1 aromatic carbocycles. The van der Waals surface area contributed by atoms with Crippen molar-refractivity contribution in [3.8, 4) is 5.75 Å². The molecule has 1 aromatic rings. The predicted molar refractivity (Wildman–Crippen MR) is 83.6 cm³/mol. The average Bonchev–Trinajstić information content (AvgIpc) is 3.06. The third-order valence-electron chi connectivity index (χ3n) is 4.54. The second-order valence-electron chi connectivity index (χ2n) is 5.94. The Bertz CT molecular complexity index is 610. The molecular weight excluding hydrogens is 306 g/mol. The monoisotopic (exact) mass is 323 g/mol. The van der Waals surface area contributed by atoms with Gasteiger partial charge in [-0.15, -0.1) is 12.4 Å². The second kappa shape index (κ2) is 5.78. The summed E-state index contributed by atoms with van der Waals surface area (Å²) in [5.41, 5.74) is 1.19. The normalized spacial score (nSPS) is 25.6. The van der Waals surface area contributed by atoms with Crippen LogP contribution in [-0.2, 0) is 4.79 Å². The molecule has 2 amide bonds. The molecule has 6 nitrogen and oxygen atoms in total. The Labute approximate surface area is 134 Å². The number of rotatable bonds is 1. The van der Waals surface area contributed by atoms with Crippen LogP contribution in [0.1, 0.15) is 10.4 Å². The van der Waals surface area contributed by atoms with Crippen molar-refractivity contribution < 1.29 is 14.3 Å². The van der Waals surface area contributed by atoms with E-state index in [4.69, 9.17) is 4.74 Å². The highest BCUT2D eigenvalue weighted by Crippen LogP contribution is 2.31. The summed E-state index contributed by atoms with van der Waals surface area (Å²) < 4.78 is 5.31. The summed E-state index contributed by atoms with van der Waals surface area (Å²) in [6, 6.07) is 5.23. The lowest BCUT2D eigenvalue weighted by atomic mass is 10.0. The summed E-state index contributed by atoms with van der Waals surface area (Å²) in [5.74, 6) is 1.62. The third kappa shape index (κ3) is 2.53. The van der Waals surface area contributed by atoms with E-state index in [1.807, 2.05) is 4.90 Å². The first kappa shape index (κ1) is 15.1. The van der Waals surface area contributed by atoms with Crippen LogP contribution in [0.15, 0.2) is 18.2 Å². The molecule has 7 heteroatoms. The van der Waals surface area contributed by atoms with Crippen LogP contribution in [0.5, 0.6) is 5.75 Å². The number of fused-ring (bicyclic) bond motifs is 2. The number of likely N-dealkylation sites (tertiary alicyclic amines) is 1. The average molecular weight is 324 g/mol. The van der Waals surface area contributed by atoms with E-state index in [9.17, 15) is 9.59 Å². The molecule has 0 unspecified atom stereocenters. The van der Waals surface area contributed by atoms with Gasteiger partial charge >= 0.3 is 0 Å². The zero-order valence-electron chi connectivity index (χ0n) is 12.0. The zero-order chi connectivity index (χ0) is 14.4. The van der Waals surface area contributed by atoms with Crippen LogP contribution in [0.4, 0.5) is 5.69 Å². The Hall–Kier alpha value is -1.79. The quantitative estimate of drug-likeness (QED) is 0.799. The molecule has 0 spiro atoms. The van der Waals surface area contributed by atoms with E-state index in [0.717, 1.165) is 26.2 Å². The molecule has 2 saturated heterocycles. The van der Waals surface area contributed by atoms with E-state index in [0.29, 0.717) is 28.8 Å². The molecule has 4 rings (SSSR count). The smallest absolute Gasteiger partial charge is 0.262 e. The number of nitrogens with one attached hydrogen (secondary N) is 2. The summed E-state index contributed by atoms with van der Waals surface area (Å²) in [5, 5.41) is 6.11. The molecule has 0 saturated carbocycles. The highest BCUT2D eigenvalue weighted by molar-refractivity contribution is 6.00. The van der Waals surface area contributed by atoms with E-state index >= 15 is 0 Å². The first-order valence-electron chi connectivity index (χ1n) is 7.27. The molecule has 0 radical (unpaired) electrons. The fraction of sp³-hybridized carbons (Fsp3) is 0.467. The maximum Gasteiger partial charge on any atom is 0.262 e. The minimum Gasteiger partial charge on any atom is -0.482 e. The summed E-state index contributed by atoms with van der Waals surface area (Å²) in [7, 11) is 0. The van der Waals surface area contributed by atoms with Crippen LogP contribution in [0.3, 0.4) is 0 Å². The first-order valence-corrected chi connectivity index (χ1v) is 7.27. The van der Waals surface area contributed by atoms with Crippen molar-refractivity contribution in [2.45, 2.75) is 0 Å². The van der Waals surface area contributed by atoms with E-state index in [-0.39, 0.29) is 30.8 Å². The topological polar surface area (TPSA) is 70.7 Å². The number of carbonyl (C=O) groups is 2. The van der Waals surface area contributed by atoms with Gasteiger partial charge in [-0.1, -0.05) is 0 Å². The third-order valence-corrected chi connectivity index (χ3v) is 4.54. The number of nitrogens with zero attached hydrogens (tertiary/aromatic N) is 1. The highest BCUT2D eigenvalue weighted by atomic mass is 35.5. The van der Waals surface area contributed by atoms with E-state index in [2.05, 4.69) is 10.6 Å². The van der Waals surface area contributed by atoms with Gasteiger partial charge in [0.25, 0.3) is 11.8 Å². The van der Waals surface area contributed by atoms with Crippen molar-refractivity contribution in [2.24, 2.45) is 11.8 Å². The number of hydrogen-bond acceptors (Lipinski definition) is 4. The fourth-order valence-corrected chi connectivity index (χ4v) is 3.42. The highest BCUT2D eigenvalue weighted by Gasteiger charge is 2.38. The van der Waals surface area contributed by atoms with Gasteiger partial charge in [0.15, 0.2) is 6.61 Å². The summed E-state index contributed by atoms with van der Waals surface area (Å²) in [6.45, 7) is 3.67. The number of ether oxygens (including phenoxy) is 1. The summed E-state index contributed by atoms with van der Waals surface area (Å²) >= 11 is 0. The lowest BCUT2D eigenvalue weighted by molar-refractivity contribution is -0.118. The molecule has 3 aliphatic heterocycles. The molecule has 3 aliphatic rings. The number of anilines is 1. The Morgan fingerprint density at radius 1 is 1.23 bits per heavy atom. The molecule has 2 atom stereocenters. The van der Waals surface area contributed by atoms with E-state index in [1.54, 1.807) is 18.2 Å². The van der Waals surface area contributed by atoms with Gasteiger partial charge in [-0.3, -0.25) is 9.59 Å². The van der Waals surface area contributed by atoms with Crippen molar-refractivity contribution >= 4 is 29.9 Å². The largest absolute Gasteiger partial charge is 0.482 e. The van der Waals surface area contributed by atoms with Crippen LogP contribution in [-0.4, -0.2) is 49.5 Å². The van der Waals surface area contributed by atoms with Gasteiger partial charge in [-0.25, -0.2) is 0 Å². The molecule has 0 aromatic heterocycles. The number of benzene rings is 1. The van der Waals surface area contributed by atoms with Crippen LogP contribution in [0.2, 0.25) is 0 Å². The van der Waals surface area contributed by atoms with Crippen molar-refractivity contribution in [1.29, 1.82) is 0 Å². The maximum absolute atomic E-state index is 12.6. The number of hydrogen-bond donors (Lipinski definition) is 2. The van der Waals surface area contributed by atoms with Gasteiger partial charge in [-0.05, 0) is 30.0 Å². The molecular formula is C15H18ClN3O3. The molecule has 3 heterocycles. The maximum atomic E-state index is 12.6. The number of amides is 2. The Morgan fingerprint density at radius 3 is 2.68 bits per heavy atom. The zero-order valence-corrected chi connectivity index (χ0v) is 12.8. The number of carbonyl (C=O) groups excluding carboxylic acids is 2. The van der Waals surface area contributed by atoms with E-state index in [1.165, 1.54) is 0 Å². The summed E-state index contributed by atoms with van der Waals surface area (Å²) in [6.07, 6.45) is 0. The van der Waals surface area contributed by atoms with Gasteiger partial charge in [0.1, 0.15) is 5.75 Å². The Kier molecular flexibility index (Phi) is 3.97. The Morgan fingerprint density at radius 2 is 1.95 bits per heavy atom. The minimum absolute atomic E-state index is 0. The van der Waals surface area contributed by atoms with Crippen LogP contribution in [0.25, 0.3) is 0 Å². The summed E-state index contributed by atoms with van der Waals surface area (Å²) in [4.78, 5) is 25.9. The SMILES string of the molecule is Cl.O=C1COc2ccc(C(=O)N3C[C@H]4CNC[C@H]4C3)cc2N1. The Balaban J connectivity index is 0.00000144. The van der Waals surface area contributed by atoms with Gasteiger partial charge in [0, 0.05) is 31.7 Å². The molecule has 2 N–H and O–H groups in total. The first-order chi connectivity index (χ1) is 10.2.